The summed E-state index contributed by atoms with van der Waals surface area (Å²) in [7, 11) is 0. The Balaban J connectivity index is 1.60. The van der Waals surface area contributed by atoms with Crippen LogP contribution in [0, 0.1) is 34.0 Å². The first-order valence-electron chi connectivity index (χ1n) is 13.8. The van der Waals surface area contributed by atoms with Crippen LogP contribution in [0.2, 0.25) is 0 Å². The van der Waals surface area contributed by atoms with Crippen molar-refractivity contribution in [2.75, 3.05) is 0 Å². The zero-order chi connectivity index (χ0) is 22.9. The second-order valence-electron chi connectivity index (χ2n) is 13.8. The number of aliphatic hydroxyl groups is 1. The highest BCUT2D eigenvalue weighted by molar-refractivity contribution is 5.08. The third-order valence-electron chi connectivity index (χ3n) is 10.6. The first-order valence-corrected chi connectivity index (χ1v) is 13.8. The first-order chi connectivity index (χ1) is 14.4. The summed E-state index contributed by atoms with van der Waals surface area (Å²) in [4.78, 5) is 0. The lowest BCUT2D eigenvalue weighted by atomic mass is 9.45. The van der Waals surface area contributed by atoms with Gasteiger partial charge in [0.15, 0.2) is 0 Å². The van der Waals surface area contributed by atoms with Crippen molar-refractivity contribution in [1.29, 1.82) is 0 Å². The quantitative estimate of drug-likeness (QED) is 0.329. The predicted octanol–water partition coefficient (Wildman–Crippen LogP) is 9.09. The second kappa shape index (κ2) is 9.52. The van der Waals surface area contributed by atoms with Crippen molar-refractivity contribution in [3.8, 4) is 0 Å². The fraction of sp³-hybridized carbons (Fsp3) is 0.933. The molecular weight excluding hydrogens is 376 g/mol. The molecule has 5 atom stereocenters. The lowest BCUT2D eigenvalue weighted by molar-refractivity contribution is -0.168. The standard InChI is InChI=1S/C30H54O/c1-23(16-17-24-14-9-8-10-19-27(24,2)3)13-11-15-26-29(6)21-12-20-28(4,5)25(29)18-22-30(26,7)31/h13,24-26,31H,8-12,14-22H2,1-7H3/b23-13+/t24-,25-,26+,29-,30+/m0/s1. The zero-order valence-corrected chi connectivity index (χ0v) is 22.2. The van der Waals surface area contributed by atoms with E-state index in [1.807, 2.05) is 0 Å². The first kappa shape index (κ1) is 25.3. The molecule has 180 valence electrons. The van der Waals surface area contributed by atoms with Crippen LogP contribution >= 0.6 is 0 Å². The van der Waals surface area contributed by atoms with Crippen LogP contribution in [0.3, 0.4) is 0 Å². The summed E-state index contributed by atoms with van der Waals surface area (Å²) >= 11 is 0. The van der Waals surface area contributed by atoms with Gasteiger partial charge in [0.2, 0.25) is 0 Å². The van der Waals surface area contributed by atoms with E-state index in [-0.39, 0.29) is 0 Å². The molecule has 0 spiro atoms. The number of allylic oxidation sites excluding steroid dienone is 2. The van der Waals surface area contributed by atoms with E-state index in [1.54, 1.807) is 5.57 Å². The monoisotopic (exact) mass is 430 g/mol. The molecule has 0 bridgehead atoms. The van der Waals surface area contributed by atoms with Crippen molar-refractivity contribution in [2.45, 2.75) is 144 Å². The maximum absolute atomic E-state index is 11.4. The van der Waals surface area contributed by atoms with Gasteiger partial charge in [0.1, 0.15) is 0 Å². The molecule has 3 fully saturated rings. The molecule has 1 nitrogen and oxygen atoms in total. The van der Waals surface area contributed by atoms with Crippen molar-refractivity contribution in [3.05, 3.63) is 11.6 Å². The molecule has 0 aromatic rings. The van der Waals surface area contributed by atoms with Crippen LogP contribution in [0.15, 0.2) is 11.6 Å². The average molecular weight is 431 g/mol. The fourth-order valence-corrected chi connectivity index (χ4v) is 8.54. The number of hydrogen-bond acceptors (Lipinski definition) is 1. The molecule has 31 heavy (non-hydrogen) atoms. The Morgan fingerprint density at radius 2 is 1.52 bits per heavy atom. The molecular formula is C30H54O. The smallest absolute Gasteiger partial charge is 0.0653 e. The summed E-state index contributed by atoms with van der Waals surface area (Å²) in [6.45, 7) is 17.0. The van der Waals surface area contributed by atoms with E-state index in [9.17, 15) is 5.11 Å². The Bertz CT molecular complexity index is 624. The highest BCUT2D eigenvalue weighted by atomic mass is 16.3. The molecule has 3 aliphatic carbocycles. The topological polar surface area (TPSA) is 20.2 Å². The van der Waals surface area contributed by atoms with Crippen molar-refractivity contribution in [1.82, 2.24) is 0 Å². The van der Waals surface area contributed by atoms with Gasteiger partial charge in [-0.3, -0.25) is 0 Å². The Hall–Kier alpha value is -0.300. The Morgan fingerprint density at radius 3 is 2.26 bits per heavy atom. The highest BCUT2D eigenvalue weighted by Crippen LogP contribution is 2.62. The molecule has 1 heteroatoms. The molecule has 3 saturated carbocycles. The largest absolute Gasteiger partial charge is 0.390 e. The summed E-state index contributed by atoms with van der Waals surface area (Å²) in [6, 6.07) is 0. The van der Waals surface area contributed by atoms with Gasteiger partial charge in [-0.05, 0) is 112 Å². The Kier molecular flexibility index (Phi) is 7.77. The number of fused-ring (bicyclic) bond motifs is 1. The van der Waals surface area contributed by atoms with Gasteiger partial charge in [0.05, 0.1) is 5.60 Å². The van der Waals surface area contributed by atoms with Crippen molar-refractivity contribution >= 4 is 0 Å². The molecule has 0 saturated heterocycles. The van der Waals surface area contributed by atoms with Crippen molar-refractivity contribution < 1.29 is 5.11 Å². The predicted molar refractivity (Wildman–Crippen MR) is 135 cm³/mol. The van der Waals surface area contributed by atoms with Crippen LogP contribution in [-0.4, -0.2) is 10.7 Å². The van der Waals surface area contributed by atoms with Crippen LogP contribution in [0.4, 0.5) is 0 Å². The molecule has 0 amide bonds. The van der Waals surface area contributed by atoms with Crippen LogP contribution in [-0.2, 0) is 0 Å². The molecule has 0 unspecified atom stereocenters. The van der Waals surface area contributed by atoms with E-state index >= 15 is 0 Å². The molecule has 0 radical (unpaired) electrons. The van der Waals surface area contributed by atoms with Crippen LogP contribution in [0.5, 0.6) is 0 Å². The van der Waals surface area contributed by atoms with Gasteiger partial charge in [-0.1, -0.05) is 72.0 Å². The highest BCUT2D eigenvalue weighted by Gasteiger charge is 2.57. The Labute approximate surface area is 194 Å². The van der Waals surface area contributed by atoms with E-state index < -0.39 is 5.60 Å². The zero-order valence-electron chi connectivity index (χ0n) is 22.2. The summed E-state index contributed by atoms with van der Waals surface area (Å²) in [5.41, 5.74) is 2.34. The molecule has 0 aromatic carbocycles. The van der Waals surface area contributed by atoms with Gasteiger partial charge in [0.25, 0.3) is 0 Å². The lowest BCUT2D eigenvalue weighted by Gasteiger charge is -2.61. The third kappa shape index (κ3) is 5.62. The van der Waals surface area contributed by atoms with E-state index in [0.29, 0.717) is 22.2 Å². The normalized spacial score (nSPS) is 40.8. The second-order valence-corrected chi connectivity index (χ2v) is 13.8. The fourth-order valence-electron chi connectivity index (χ4n) is 8.54. The van der Waals surface area contributed by atoms with Crippen molar-refractivity contribution in [3.63, 3.8) is 0 Å². The van der Waals surface area contributed by atoms with Gasteiger partial charge in [-0.15, -0.1) is 0 Å². The van der Waals surface area contributed by atoms with Crippen LogP contribution in [0.25, 0.3) is 0 Å². The van der Waals surface area contributed by atoms with E-state index in [4.69, 9.17) is 0 Å². The summed E-state index contributed by atoms with van der Waals surface area (Å²) in [5, 5.41) is 11.4. The molecule has 3 rings (SSSR count). The minimum absolute atomic E-state index is 0.301. The summed E-state index contributed by atoms with van der Waals surface area (Å²) in [5.74, 6) is 2.09. The van der Waals surface area contributed by atoms with E-state index in [0.717, 1.165) is 31.1 Å². The van der Waals surface area contributed by atoms with E-state index in [2.05, 4.69) is 54.5 Å². The van der Waals surface area contributed by atoms with Gasteiger partial charge in [0, 0.05) is 0 Å². The SMILES string of the molecule is C/C(=C\CC[C@@H]1[C@@]2(C)CCCC(C)(C)[C@@H]2CC[C@@]1(C)O)CC[C@@H]1CCCCCC1(C)C. The molecule has 3 aliphatic rings. The summed E-state index contributed by atoms with van der Waals surface area (Å²) < 4.78 is 0. The molecule has 0 aliphatic heterocycles. The minimum atomic E-state index is -0.495. The number of rotatable bonds is 6. The molecule has 0 heterocycles. The lowest BCUT2D eigenvalue weighted by Crippen LogP contribution is -2.57. The van der Waals surface area contributed by atoms with Gasteiger partial charge >= 0.3 is 0 Å². The van der Waals surface area contributed by atoms with Crippen LogP contribution in [0.1, 0.15) is 138 Å². The Morgan fingerprint density at radius 1 is 0.806 bits per heavy atom. The molecule has 0 aromatic heterocycles. The maximum Gasteiger partial charge on any atom is 0.0653 e. The number of hydrogen-bond donors (Lipinski definition) is 1. The van der Waals surface area contributed by atoms with Crippen LogP contribution < -0.4 is 0 Å². The van der Waals surface area contributed by atoms with Gasteiger partial charge in [-0.25, -0.2) is 0 Å². The van der Waals surface area contributed by atoms with Gasteiger partial charge in [-0.2, -0.15) is 0 Å². The molecule has 1 N–H and O–H groups in total. The van der Waals surface area contributed by atoms with E-state index in [1.165, 1.54) is 70.6 Å². The summed E-state index contributed by atoms with van der Waals surface area (Å²) in [6.07, 6.45) is 20.8. The van der Waals surface area contributed by atoms with Gasteiger partial charge < -0.3 is 5.11 Å². The minimum Gasteiger partial charge on any atom is -0.390 e. The van der Waals surface area contributed by atoms with Crippen molar-refractivity contribution in [2.24, 2.45) is 34.0 Å². The average Bonchev–Trinajstić information content (AvgIpc) is 2.81. The third-order valence-corrected chi connectivity index (χ3v) is 10.6. The maximum atomic E-state index is 11.4.